The third-order valence-electron chi connectivity index (χ3n) is 4.64. The van der Waals surface area contributed by atoms with Crippen LogP contribution in [-0.2, 0) is 14.3 Å². The van der Waals surface area contributed by atoms with Gasteiger partial charge in [0.1, 0.15) is 6.10 Å². The number of hydrogen-bond acceptors (Lipinski definition) is 3. The Balaban J connectivity index is 2.35. The van der Waals surface area contributed by atoms with E-state index in [0.29, 0.717) is 12.3 Å². The van der Waals surface area contributed by atoms with Crippen LogP contribution in [-0.4, -0.2) is 17.9 Å². The molecule has 3 atom stereocenters. The number of allylic oxidation sites excluding steroid dienone is 2. The fourth-order valence-electron chi connectivity index (χ4n) is 3.26. The monoisotopic (exact) mass is 262 g/mol. The molecular formula is C16H22O3. The molecule has 0 aromatic rings. The summed E-state index contributed by atoms with van der Waals surface area (Å²) in [6.45, 7) is 9.59. The van der Waals surface area contributed by atoms with Crippen molar-refractivity contribution in [3.05, 3.63) is 23.8 Å². The lowest BCUT2D eigenvalue weighted by atomic mass is 9.60. The zero-order chi connectivity index (χ0) is 14.2. The highest BCUT2D eigenvalue weighted by molar-refractivity contribution is 5.91. The number of fused-ring (bicyclic) bond motifs is 1. The first kappa shape index (κ1) is 14.0. The third kappa shape index (κ3) is 2.65. The van der Waals surface area contributed by atoms with Crippen LogP contribution in [0.2, 0.25) is 0 Å². The Bertz CT molecular complexity index is 461. The maximum absolute atomic E-state index is 11.7. The molecule has 2 aliphatic carbocycles. The highest BCUT2D eigenvalue weighted by Gasteiger charge is 2.47. The van der Waals surface area contributed by atoms with Crippen LogP contribution in [0.1, 0.15) is 46.5 Å². The third-order valence-corrected chi connectivity index (χ3v) is 4.64. The largest absolute Gasteiger partial charge is 0.462 e. The van der Waals surface area contributed by atoms with Gasteiger partial charge in [-0.2, -0.15) is 0 Å². The average Bonchev–Trinajstić information content (AvgIpc) is 2.30. The molecular weight excluding hydrogens is 240 g/mol. The second-order valence-electron chi connectivity index (χ2n) is 6.13. The standard InChI is InChI=1S/C16H22O3/c1-10(2)12-7-13-9-14(18)5-6-16(13,4)15(8-12)19-11(3)17/h9,12,15H,1,5-8H2,2-4H3/t12-,15-,16-/m0/s1. The van der Waals surface area contributed by atoms with E-state index in [2.05, 4.69) is 13.5 Å². The molecule has 0 radical (unpaired) electrons. The van der Waals surface area contributed by atoms with Gasteiger partial charge in [-0.1, -0.05) is 24.6 Å². The molecule has 0 saturated heterocycles. The average molecular weight is 262 g/mol. The molecule has 0 bridgehead atoms. The van der Waals surface area contributed by atoms with Gasteiger partial charge in [0.2, 0.25) is 0 Å². The molecule has 1 fully saturated rings. The number of ketones is 1. The van der Waals surface area contributed by atoms with Crippen molar-refractivity contribution in [1.82, 2.24) is 0 Å². The lowest BCUT2D eigenvalue weighted by Gasteiger charge is -2.47. The summed E-state index contributed by atoms with van der Waals surface area (Å²) in [5.41, 5.74) is 2.05. The Morgan fingerprint density at radius 2 is 2.16 bits per heavy atom. The topological polar surface area (TPSA) is 43.4 Å². The lowest BCUT2D eigenvalue weighted by molar-refractivity contribution is -0.155. The van der Waals surface area contributed by atoms with Crippen LogP contribution in [0.25, 0.3) is 0 Å². The molecule has 104 valence electrons. The van der Waals surface area contributed by atoms with Crippen LogP contribution in [0.4, 0.5) is 0 Å². The van der Waals surface area contributed by atoms with Crippen molar-refractivity contribution in [2.24, 2.45) is 11.3 Å². The van der Waals surface area contributed by atoms with Crippen LogP contribution in [0.3, 0.4) is 0 Å². The van der Waals surface area contributed by atoms with Gasteiger partial charge in [-0.05, 0) is 38.2 Å². The highest BCUT2D eigenvalue weighted by atomic mass is 16.5. The van der Waals surface area contributed by atoms with Gasteiger partial charge in [0.15, 0.2) is 5.78 Å². The fourth-order valence-corrected chi connectivity index (χ4v) is 3.26. The number of rotatable bonds is 2. The summed E-state index contributed by atoms with van der Waals surface area (Å²) in [6.07, 6.45) is 4.65. The molecule has 0 heterocycles. The van der Waals surface area contributed by atoms with Crippen LogP contribution in [0.15, 0.2) is 23.8 Å². The van der Waals surface area contributed by atoms with Crippen molar-refractivity contribution in [2.45, 2.75) is 52.6 Å². The van der Waals surface area contributed by atoms with Gasteiger partial charge in [-0.15, -0.1) is 0 Å². The van der Waals surface area contributed by atoms with E-state index < -0.39 is 0 Å². The maximum atomic E-state index is 11.7. The summed E-state index contributed by atoms with van der Waals surface area (Å²) in [5.74, 6) is 0.246. The Labute approximate surface area is 114 Å². The second kappa shape index (κ2) is 4.95. The van der Waals surface area contributed by atoms with Crippen LogP contribution < -0.4 is 0 Å². The maximum Gasteiger partial charge on any atom is 0.302 e. The summed E-state index contributed by atoms with van der Waals surface area (Å²) < 4.78 is 5.55. The molecule has 1 saturated carbocycles. The van der Waals surface area contributed by atoms with E-state index in [1.807, 2.05) is 6.92 Å². The predicted molar refractivity (Wildman–Crippen MR) is 73.5 cm³/mol. The van der Waals surface area contributed by atoms with E-state index in [-0.39, 0.29) is 23.3 Å². The molecule has 0 unspecified atom stereocenters. The Hall–Kier alpha value is -1.38. The predicted octanol–water partition coefficient (Wildman–Crippen LogP) is 3.20. The van der Waals surface area contributed by atoms with E-state index in [0.717, 1.165) is 30.4 Å². The zero-order valence-corrected chi connectivity index (χ0v) is 12.0. The van der Waals surface area contributed by atoms with Crippen LogP contribution in [0.5, 0.6) is 0 Å². The van der Waals surface area contributed by atoms with Crippen molar-refractivity contribution in [1.29, 1.82) is 0 Å². The molecule has 3 heteroatoms. The summed E-state index contributed by atoms with van der Waals surface area (Å²) in [5, 5.41) is 0. The zero-order valence-electron chi connectivity index (χ0n) is 12.0. The van der Waals surface area contributed by atoms with Gasteiger partial charge >= 0.3 is 5.97 Å². The quantitative estimate of drug-likeness (QED) is 0.567. The summed E-state index contributed by atoms with van der Waals surface area (Å²) in [4.78, 5) is 23.0. The normalized spacial score (nSPS) is 34.3. The SMILES string of the molecule is C=C(C)[C@H]1CC2=CC(=O)CC[C@]2(C)[C@@H](OC(C)=O)C1. The Morgan fingerprint density at radius 1 is 1.47 bits per heavy atom. The number of carbonyl (C=O) groups is 2. The highest BCUT2D eigenvalue weighted by Crippen LogP contribution is 2.50. The smallest absolute Gasteiger partial charge is 0.302 e. The van der Waals surface area contributed by atoms with Gasteiger partial charge in [0, 0.05) is 18.8 Å². The van der Waals surface area contributed by atoms with Gasteiger partial charge in [-0.3, -0.25) is 9.59 Å². The van der Waals surface area contributed by atoms with E-state index in [1.165, 1.54) is 6.92 Å². The minimum absolute atomic E-state index is 0.139. The molecule has 19 heavy (non-hydrogen) atoms. The van der Waals surface area contributed by atoms with E-state index in [4.69, 9.17) is 4.74 Å². The fraction of sp³-hybridized carbons (Fsp3) is 0.625. The molecule has 0 amide bonds. The first-order valence-corrected chi connectivity index (χ1v) is 6.89. The molecule has 0 aromatic carbocycles. The van der Waals surface area contributed by atoms with Crippen molar-refractivity contribution in [3.8, 4) is 0 Å². The van der Waals surface area contributed by atoms with Crippen LogP contribution >= 0.6 is 0 Å². The molecule has 3 nitrogen and oxygen atoms in total. The van der Waals surface area contributed by atoms with Crippen LogP contribution in [0, 0.1) is 11.3 Å². The number of ether oxygens (including phenoxy) is 1. The molecule has 0 aliphatic heterocycles. The Kier molecular flexibility index (Phi) is 3.66. The Morgan fingerprint density at radius 3 is 2.74 bits per heavy atom. The van der Waals surface area contributed by atoms with Gasteiger partial charge < -0.3 is 4.74 Å². The molecule has 0 spiro atoms. The summed E-state index contributed by atoms with van der Waals surface area (Å²) >= 11 is 0. The van der Waals surface area contributed by atoms with Crippen molar-refractivity contribution < 1.29 is 14.3 Å². The minimum Gasteiger partial charge on any atom is -0.462 e. The second-order valence-corrected chi connectivity index (χ2v) is 6.13. The minimum atomic E-state index is -0.246. The van der Waals surface area contributed by atoms with E-state index >= 15 is 0 Å². The molecule has 0 N–H and O–H groups in total. The van der Waals surface area contributed by atoms with Gasteiger partial charge in [-0.25, -0.2) is 0 Å². The van der Waals surface area contributed by atoms with Gasteiger partial charge in [0.25, 0.3) is 0 Å². The summed E-state index contributed by atoms with van der Waals surface area (Å²) in [7, 11) is 0. The summed E-state index contributed by atoms with van der Waals surface area (Å²) in [6, 6.07) is 0. The molecule has 2 rings (SSSR count). The first-order chi connectivity index (χ1) is 8.83. The number of hydrogen-bond donors (Lipinski definition) is 0. The van der Waals surface area contributed by atoms with E-state index in [1.54, 1.807) is 6.08 Å². The number of carbonyl (C=O) groups excluding carboxylic acids is 2. The van der Waals surface area contributed by atoms with Crippen molar-refractivity contribution in [2.75, 3.05) is 0 Å². The number of esters is 1. The molecule has 0 aromatic heterocycles. The first-order valence-electron chi connectivity index (χ1n) is 6.89. The van der Waals surface area contributed by atoms with Crippen molar-refractivity contribution >= 4 is 11.8 Å². The van der Waals surface area contributed by atoms with E-state index in [9.17, 15) is 9.59 Å². The molecule has 2 aliphatic rings. The lowest BCUT2D eigenvalue weighted by Crippen LogP contribution is -2.45. The van der Waals surface area contributed by atoms with Gasteiger partial charge in [0.05, 0.1) is 0 Å². The van der Waals surface area contributed by atoms with Crippen molar-refractivity contribution in [3.63, 3.8) is 0 Å².